The van der Waals surface area contributed by atoms with Crippen LogP contribution in [0.3, 0.4) is 0 Å². The number of benzene rings is 1. The van der Waals surface area contributed by atoms with E-state index >= 15 is 0 Å². The maximum absolute atomic E-state index is 9.81. The molecule has 0 radical (unpaired) electrons. The standard InChI is InChI=1S/C18H25NO/c20-18-12-5-4-9-15(18)13-19-17-11-6-10-16(17)14-7-2-1-3-8-14/h4-5,9,12-14,16-17,20H,1-3,6-8,10-11H2/t16-,17-/m0/s1. The molecule has 3 rings (SSSR count). The fourth-order valence-electron chi connectivity index (χ4n) is 4.04. The molecule has 0 spiro atoms. The molecular formula is C18H25NO. The van der Waals surface area contributed by atoms with Crippen molar-refractivity contribution in [1.82, 2.24) is 0 Å². The van der Waals surface area contributed by atoms with E-state index in [1.165, 1.54) is 51.4 Å². The van der Waals surface area contributed by atoms with Crippen LogP contribution in [0.15, 0.2) is 29.3 Å². The second kappa shape index (κ2) is 6.43. The summed E-state index contributed by atoms with van der Waals surface area (Å²) in [7, 11) is 0. The molecule has 0 heterocycles. The largest absolute Gasteiger partial charge is 0.507 e. The molecule has 2 aliphatic carbocycles. The highest BCUT2D eigenvalue weighted by atomic mass is 16.3. The summed E-state index contributed by atoms with van der Waals surface area (Å²) in [6.07, 6.45) is 12.9. The van der Waals surface area contributed by atoms with Gasteiger partial charge >= 0.3 is 0 Å². The number of aliphatic imine (C=N–C) groups is 1. The van der Waals surface area contributed by atoms with Crippen molar-refractivity contribution in [3.63, 3.8) is 0 Å². The first-order valence-corrected chi connectivity index (χ1v) is 8.16. The molecule has 0 amide bonds. The fraction of sp³-hybridized carbons (Fsp3) is 0.611. The molecule has 2 heteroatoms. The van der Waals surface area contributed by atoms with Gasteiger partial charge in [0.25, 0.3) is 0 Å². The van der Waals surface area contributed by atoms with Crippen LogP contribution in [0, 0.1) is 11.8 Å². The van der Waals surface area contributed by atoms with Gasteiger partial charge in [0, 0.05) is 11.8 Å². The first-order valence-electron chi connectivity index (χ1n) is 8.16. The number of hydrogen-bond donors (Lipinski definition) is 1. The SMILES string of the molecule is Oc1ccccc1C=N[C@H]1CCC[C@H]1C1CCCCC1. The third-order valence-electron chi connectivity index (χ3n) is 5.13. The topological polar surface area (TPSA) is 32.6 Å². The van der Waals surface area contributed by atoms with Crippen LogP contribution in [0.5, 0.6) is 5.75 Å². The van der Waals surface area contributed by atoms with Gasteiger partial charge in [0.15, 0.2) is 0 Å². The van der Waals surface area contributed by atoms with Crippen LogP contribution in [-0.2, 0) is 0 Å². The van der Waals surface area contributed by atoms with Gasteiger partial charge in [-0.25, -0.2) is 0 Å². The highest BCUT2D eigenvalue weighted by molar-refractivity contribution is 5.83. The number of aromatic hydroxyl groups is 1. The quantitative estimate of drug-likeness (QED) is 0.803. The number of phenolic OH excluding ortho intramolecular Hbond substituents is 1. The van der Waals surface area contributed by atoms with E-state index in [-0.39, 0.29) is 0 Å². The first-order chi connectivity index (χ1) is 9.84. The van der Waals surface area contributed by atoms with Crippen LogP contribution < -0.4 is 0 Å². The Balaban J connectivity index is 1.68. The van der Waals surface area contributed by atoms with Crippen molar-refractivity contribution in [2.24, 2.45) is 16.8 Å². The van der Waals surface area contributed by atoms with Gasteiger partial charge in [0.1, 0.15) is 5.75 Å². The second-order valence-corrected chi connectivity index (χ2v) is 6.40. The molecule has 20 heavy (non-hydrogen) atoms. The van der Waals surface area contributed by atoms with Crippen molar-refractivity contribution in [3.05, 3.63) is 29.8 Å². The van der Waals surface area contributed by atoms with Crippen LogP contribution in [0.4, 0.5) is 0 Å². The molecule has 0 aromatic heterocycles. The lowest BCUT2D eigenvalue weighted by molar-refractivity contribution is 0.235. The van der Waals surface area contributed by atoms with Crippen molar-refractivity contribution >= 4 is 6.21 Å². The number of para-hydroxylation sites is 1. The molecule has 2 fully saturated rings. The minimum atomic E-state index is 0.337. The van der Waals surface area contributed by atoms with Gasteiger partial charge in [0.05, 0.1) is 6.04 Å². The summed E-state index contributed by atoms with van der Waals surface area (Å²) in [5.41, 5.74) is 0.849. The summed E-state index contributed by atoms with van der Waals surface area (Å²) >= 11 is 0. The van der Waals surface area contributed by atoms with E-state index in [4.69, 9.17) is 4.99 Å². The predicted octanol–water partition coefficient (Wildman–Crippen LogP) is 4.56. The van der Waals surface area contributed by atoms with Gasteiger partial charge in [-0.05, 0) is 36.8 Å². The van der Waals surface area contributed by atoms with Crippen molar-refractivity contribution in [2.45, 2.75) is 57.4 Å². The molecule has 2 nitrogen and oxygen atoms in total. The molecule has 1 N–H and O–H groups in total. The summed E-state index contributed by atoms with van der Waals surface area (Å²) < 4.78 is 0. The summed E-state index contributed by atoms with van der Waals surface area (Å²) in [4.78, 5) is 4.83. The lowest BCUT2D eigenvalue weighted by atomic mass is 9.78. The Kier molecular flexibility index (Phi) is 4.39. The zero-order valence-electron chi connectivity index (χ0n) is 12.2. The Morgan fingerprint density at radius 1 is 0.950 bits per heavy atom. The lowest BCUT2D eigenvalue weighted by Crippen LogP contribution is -2.24. The summed E-state index contributed by atoms with van der Waals surface area (Å²) in [5.74, 6) is 2.03. The Bertz CT molecular complexity index is 462. The Labute approximate surface area is 121 Å². The first kappa shape index (κ1) is 13.7. The van der Waals surface area contributed by atoms with E-state index in [2.05, 4.69) is 0 Å². The molecule has 0 aliphatic heterocycles. The van der Waals surface area contributed by atoms with Crippen LogP contribution in [0.1, 0.15) is 56.9 Å². The highest BCUT2D eigenvalue weighted by Gasteiger charge is 2.33. The number of phenols is 1. The van der Waals surface area contributed by atoms with E-state index < -0.39 is 0 Å². The molecule has 1 aromatic rings. The van der Waals surface area contributed by atoms with E-state index in [1.54, 1.807) is 6.07 Å². The van der Waals surface area contributed by atoms with E-state index in [9.17, 15) is 5.11 Å². The van der Waals surface area contributed by atoms with Crippen LogP contribution >= 0.6 is 0 Å². The van der Waals surface area contributed by atoms with Crippen LogP contribution in [-0.4, -0.2) is 17.4 Å². The van der Waals surface area contributed by atoms with Gasteiger partial charge in [0.2, 0.25) is 0 Å². The molecule has 2 saturated carbocycles. The van der Waals surface area contributed by atoms with E-state index in [1.807, 2.05) is 24.4 Å². The van der Waals surface area contributed by atoms with Crippen molar-refractivity contribution in [2.75, 3.05) is 0 Å². The Morgan fingerprint density at radius 2 is 1.75 bits per heavy atom. The Hall–Kier alpha value is -1.31. The molecule has 0 unspecified atom stereocenters. The van der Waals surface area contributed by atoms with Gasteiger partial charge < -0.3 is 5.11 Å². The van der Waals surface area contributed by atoms with Crippen molar-refractivity contribution in [3.8, 4) is 5.75 Å². The summed E-state index contributed by atoms with van der Waals surface area (Å²) in [6.45, 7) is 0. The van der Waals surface area contributed by atoms with Gasteiger partial charge in [-0.2, -0.15) is 0 Å². The van der Waals surface area contributed by atoms with Crippen molar-refractivity contribution in [1.29, 1.82) is 0 Å². The molecule has 2 aliphatic rings. The minimum Gasteiger partial charge on any atom is -0.507 e. The summed E-state index contributed by atoms with van der Waals surface area (Å²) in [5, 5.41) is 9.81. The fourth-order valence-corrected chi connectivity index (χ4v) is 4.04. The van der Waals surface area contributed by atoms with Crippen molar-refractivity contribution < 1.29 is 5.11 Å². The van der Waals surface area contributed by atoms with Gasteiger partial charge in [-0.15, -0.1) is 0 Å². The highest BCUT2D eigenvalue weighted by Crippen LogP contribution is 2.40. The Morgan fingerprint density at radius 3 is 2.55 bits per heavy atom. The maximum atomic E-state index is 9.81. The second-order valence-electron chi connectivity index (χ2n) is 6.40. The van der Waals surface area contributed by atoms with Gasteiger partial charge in [-0.3, -0.25) is 4.99 Å². The number of rotatable bonds is 3. The zero-order valence-corrected chi connectivity index (χ0v) is 12.2. The molecule has 0 bridgehead atoms. The smallest absolute Gasteiger partial charge is 0.124 e. The molecule has 1 aromatic carbocycles. The third kappa shape index (κ3) is 3.05. The molecule has 2 atom stereocenters. The van der Waals surface area contributed by atoms with Crippen LogP contribution in [0.2, 0.25) is 0 Å². The van der Waals surface area contributed by atoms with Gasteiger partial charge in [-0.1, -0.05) is 50.7 Å². The molecule has 0 saturated heterocycles. The molecular weight excluding hydrogens is 246 g/mol. The zero-order chi connectivity index (χ0) is 13.8. The van der Waals surface area contributed by atoms with Crippen LogP contribution in [0.25, 0.3) is 0 Å². The van der Waals surface area contributed by atoms with E-state index in [0.717, 1.165) is 17.4 Å². The lowest BCUT2D eigenvalue weighted by Gasteiger charge is -2.30. The maximum Gasteiger partial charge on any atom is 0.124 e. The number of hydrogen-bond acceptors (Lipinski definition) is 2. The normalized spacial score (nSPS) is 28.2. The minimum absolute atomic E-state index is 0.337. The molecule has 108 valence electrons. The predicted molar refractivity (Wildman–Crippen MR) is 83.4 cm³/mol. The third-order valence-corrected chi connectivity index (χ3v) is 5.13. The summed E-state index contributed by atoms with van der Waals surface area (Å²) in [6, 6.07) is 7.96. The average Bonchev–Trinajstić information content (AvgIpc) is 2.96. The number of nitrogens with zero attached hydrogens (tertiary/aromatic N) is 1. The monoisotopic (exact) mass is 271 g/mol. The van der Waals surface area contributed by atoms with E-state index in [0.29, 0.717) is 11.8 Å². The average molecular weight is 271 g/mol.